The largest absolute Gasteiger partial charge is 0.356 e. The van der Waals surface area contributed by atoms with Crippen LogP contribution >= 0.6 is 11.6 Å². The summed E-state index contributed by atoms with van der Waals surface area (Å²) in [6.07, 6.45) is 0.105. The highest BCUT2D eigenvalue weighted by Gasteiger charge is 2.20. The van der Waals surface area contributed by atoms with Gasteiger partial charge in [-0.15, -0.1) is 0 Å². The molecular weight excluding hydrogens is 286 g/mol. The van der Waals surface area contributed by atoms with E-state index in [1.54, 1.807) is 6.92 Å². The number of hydrogen-bond donors (Lipinski definition) is 2. The topological polar surface area (TPSA) is 101 Å². The zero-order valence-electron chi connectivity index (χ0n) is 10.8. The van der Waals surface area contributed by atoms with Crippen molar-refractivity contribution in [2.24, 2.45) is 0 Å². The molecule has 0 saturated carbocycles. The summed E-state index contributed by atoms with van der Waals surface area (Å²) in [5.74, 6) is -0.836. The minimum atomic E-state index is -0.658. The third-order valence-corrected chi connectivity index (χ3v) is 2.65. The monoisotopic (exact) mass is 299 g/mol. The predicted molar refractivity (Wildman–Crippen MR) is 73.7 cm³/mol. The van der Waals surface area contributed by atoms with Gasteiger partial charge < -0.3 is 10.6 Å². The number of halogens is 1. The molecule has 108 valence electrons. The molecule has 20 heavy (non-hydrogen) atoms. The lowest BCUT2D eigenvalue weighted by Crippen LogP contribution is -2.30. The van der Waals surface area contributed by atoms with Crippen molar-refractivity contribution in [1.82, 2.24) is 10.6 Å². The van der Waals surface area contributed by atoms with E-state index in [0.717, 1.165) is 0 Å². The number of rotatable bonds is 6. The van der Waals surface area contributed by atoms with Gasteiger partial charge in [0.25, 0.3) is 11.6 Å². The van der Waals surface area contributed by atoms with Crippen molar-refractivity contribution in [1.29, 1.82) is 0 Å². The number of hydrogen-bond acceptors (Lipinski definition) is 4. The van der Waals surface area contributed by atoms with Gasteiger partial charge in [-0.25, -0.2) is 0 Å². The molecule has 1 aromatic rings. The van der Waals surface area contributed by atoms with Gasteiger partial charge in [-0.3, -0.25) is 19.7 Å². The zero-order valence-corrected chi connectivity index (χ0v) is 11.6. The third kappa shape index (κ3) is 4.51. The number of carbonyl (C=O) groups is 2. The van der Waals surface area contributed by atoms with E-state index in [1.807, 2.05) is 0 Å². The maximum Gasteiger partial charge on any atom is 0.282 e. The molecule has 0 aliphatic carbocycles. The van der Waals surface area contributed by atoms with Crippen molar-refractivity contribution in [2.45, 2.75) is 13.3 Å². The average Bonchev–Trinajstić information content (AvgIpc) is 2.38. The SMILES string of the molecule is CCNC(=O)CCNC(=O)c1cc(Cl)ccc1[N+](=O)[O-]. The highest BCUT2D eigenvalue weighted by atomic mass is 35.5. The summed E-state index contributed by atoms with van der Waals surface area (Å²) in [5, 5.41) is 16.1. The molecule has 0 atom stereocenters. The lowest BCUT2D eigenvalue weighted by atomic mass is 10.1. The van der Waals surface area contributed by atoms with Crippen LogP contribution in [-0.2, 0) is 4.79 Å². The normalized spacial score (nSPS) is 9.90. The van der Waals surface area contributed by atoms with Crippen molar-refractivity contribution >= 4 is 29.1 Å². The fourth-order valence-electron chi connectivity index (χ4n) is 1.52. The van der Waals surface area contributed by atoms with E-state index in [2.05, 4.69) is 10.6 Å². The first-order valence-electron chi connectivity index (χ1n) is 5.94. The van der Waals surface area contributed by atoms with E-state index < -0.39 is 10.8 Å². The van der Waals surface area contributed by atoms with E-state index in [1.165, 1.54) is 18.2 Å². The number of benzene rings is 1. The molecule has 0 bridgehead atoms. The van der Waals surface area contributed by atoms with Crippen LogP contribution in [0.1, 0.15) is 23.7 Å². The molecule has 1 aromatic carbocycles. The zero-order chi connectivity index (χ0) is 15.1. The molecule has 0 spiro atoms. The van der Waals surface area contributed by atoms with Gasteiger partial charge in [0.1, 0.15) is 5.56 Å². The number of amides is 2. The average molecular weight is 300 g/mol. The smallest absolute Gasteiger partial charge is 0.282 e. The van der Waals surface area contributed by atoms with Gasteiger partial charge in [-0.1, -0.05) is 11.6 Å². The second-order valence-electron chi connectivity index (χ2n) is 3.88. The molecule has 0 heterocycles. The molecule has 1 rings (SSSR count). The molecule has 2 N–H and O–H groups in total. The second-order valence-corrected chi connectivity index (χ2v) is 4.31. The number of nitrogens with one attached hydrogen (secondary N) is 2. The van der Waals surface area contributed by atoms with Gasteiger partial charge in [-0.05, 0) is 19.1 Å². The van der Waals surface area contributed by atoms with E-state index in [0.29, 0.717) is 6.54 Å². The fourth-order valence-corrected chi connectivity index (χ4v) is 1.69. The summed E-state index contributed by atoms with van der Waals surface area (Å²) in [5.41, 5.74) is -0.455. The minimum Gasteiger partial charge on any atom is -0.356 e. The van der Waals surface area contributed by atoms with Crippen LogP contribution in [0.5, 0.6) is 0 Å². The Bertz CT molecular complexity index is 533. The number of nitro groups is 1. The van der Waals surface area contributed by atoms with Gasteiger partial charge in [-0.2, -0.15) is 0 Å². The molecule has 0 aromatic heterocycles. The van der Waals surface area contributed by atoms with Gasteiger partial charge in [0.05, 0.1) is 4.92 Å². The van der Waals surface area contributed by atoms with Gasteiger partial charge in [0.15, 0.2) is 0 Å². The van der Waals surface area contributed by atoms with Crippen molar-refractivity contribution in [3.8, 4) is 0 Å². The number of nitrogens with zero attached hydrogens (tertiary/aromatic N) is 1. The summed E-state index contributed by atoms with van der Waals surface area (Å²) in [7, 11) is 0. The van der Waals surface area contributed by atoms with Crippen molar-refractivity contribution in [2.75, 3.05) is 13.1 Å². The Morgan fingerprint density at radius 2 is 2.05 bits per heavy atom. The Kier molecular flexibility index (Phi) is 5.92. The molecular formula is C12H14ClN3O4. The Labute approximate surface area is 120 Å². The lowest BCUT2D eigenvalue weighted by molar-refractivity contribution is -0.385. The van der Waals surface area contributed by atoms with Crippen LogP contribution in [0.15, 0.2) is 18.2 Å². The van der Waals surface area contributed by atoms with Gasteiger partial charge in [0.2, 0.25) is 5.91 Å². The van der Waals surface area contributed by atoms with E-state index >= 15 is 0 Å². The van der Waals surface area contributed by atoms with Crippen molar-refractivity contribution in [3.63, 3.8) is 0 Å². The quantitative estimate of drug-likeness (QED) is 0.614. The standard InChI is InChI=1S/C12H14ClN3O4/c1-2-14-11(17)5-6-15-12(18)9-7-8(13)3-4-10(9)16(19)20/h3-4,7H,2,5-6H2,1H3,(H,14,17)(H,15,18). The van der Waals surface area contributed by atoms with Crippen LogP contribution in [0, 0.1) is 10.1 Å². The van der Waals surface area contributed by atoms with E-state index in [4.69, 9.17) is 11.6 Å². The highest BCUT2D eigenvalue weighted by Crippen LogP contribution is 2.22. The summed E-state index contributed by atoms with van der Waals surface area (Å²) >= 11 is 5.72. The maximum atomic E-state index is 11.9. The lowest BCUT2D eigenvalue weighted by Gasteiger charge is -2.06. The highest BCUT2D eigenvalue weighted by molar-refractivity contribution is 6.31. The summed E-state index contributed by atoms with van der Waals surface area (Å²) in [6.45, 7) is 2.38. The molecule has 7 nitrogen and oxygen atoms in total. The van der Waals surface area contributed by atoms with E-state index in [-0.39, 0.29) is 35.1 Å². The minimum absolute atomic E-state index is 0.0916. The summed E-state index contributed by atoms with van der Waals surface area (Å²) in [4.78, 5) is 33.2. The Morgan fingerprint density at radius 1 is 1.35 bits per heavy atom. The van der Waals surface area contributed by atoms with Gasteiger partial charge in [0, 0.05) is 30.6 Å². The first-order valence-corrected chi connectivity index (χ1v) is 6.32. The van der Waals surface area contributed by atoms with Crippen LogP contribution in [-0.4, -0.2) is 29.8 Å². The van der Waals surface area contributed by atoms with Crippen LogP contribution in [0.2, 0.25) is 5.02 Å². The predicted octanol–water partition coefficient (Wildman–Crippen LogP) is 1.50. The molecule has 0 aliphatic rings. The van der Waals surface area contributed by atoms with Crippen LogP contribution in [0.25, 0.3) is 0 Å². The Morgan fingerprint density at radius 3 is 2.65 bits per heavy atom. The number of nitro benzene ring substituents is 1. The first kappa shape index (κ1) is 15.9. The maximum absolute atomic E-state index is 11.9. The van der Waals surface area contributed by atoms with Crippen LogP contribution in [0.3, 0.4) is 0 Å². The van der Waals surface area contributed by atoms with Crippen molar-refractivity contribution < 1.29 is 14.5 Å². The summed E-state index contributed by atoms with van der Waals surface area (Å²) in [6, 6.07) is 3.73. The summed E-state index contributed by atoms with van der Waals surface area (Å²) < 4.78 is 0. The molecule has 0 unspecified atom stereocenters. The number of carbonyl (C=O) groups excluding carboxylic acids is 2. The van der Waals surface area contributed by atoms with Crippen LogP contribution in [0.4, 0.5) is 5.69 Å². The fraction of sp³-hybridized carbons (Fsp3) is 0.333. The Balaban J connectivity index is 2.70. The van der Waals surface area contributed by atoms with E-state index in [9.17, 15) is 19.7 Å². The molecule has 8 heteroatoms. The second kappa shape index (κ2) is 7.44. The molecule has 0 radical (unpaired) electrons. The van der Waals surface area contributed by atoms with Crippen molar-refractivity contribution in [3.05, 3.63) is 38.9 Å². The molecule has 2 amide bonds. The Hall–Kier alpha value is -2.15. The van der Waals surface area contributed by atoms with Crippen LogP contribution < -0.4 is 10.6 Å². The molecule has 0 aliphatic heterocycles. The molecule has 0 saturated heterocycles. The third-order valence-electron chi connectivity index (χ3n) is 2.41. The first-order chi connectivity index (χ1) is 9.45. The molecule has 0 fully saturated rings. The van der Waals surface area contributed by atoms with Gasteiger partial charge >= 0.3 is 0 Å².